The van der Waals surface area contributed by atoms with Crippen LogP contribution in [0.1, 0.15) is 0 Å². The standard InChI is InChI=1S/C19H13N2/c1-3-8-15(9-4-1)17-12-7-13-18-19(17)20-14-21(18)16-10-5-2-6-11-16/h1-13H. The molecule has 1 heterocycles. The van der Waals surface area contributed by atoms with Crippen molar-refractivity contribution in [2.75, 3.05) is 0 Å². The molecule has 0 unspecified atom stereocenters. The Hall–Kier alpha value is -2.87. The number of hydrogen-bond acceptors (Lipinski definition) is 1. The van der Waals surface area contributed by atoms with Crippen LogP contribution in [0.4, 0.5) is 0 Å². The highest BCUT2D eigenvalue weighted by molar-refractivity contribution is 5.92. The summed E-state index contributed by atoms with van der Waals surface area (Å²) in [5.41, 5.74) is 5.44. The highest BCUT2D eigenvalue weighted by Crippen LogP contribution is 2.28. The summed E-state index contributed by atoms with van der Waals surface area (Å²) in [6.07, 6.45) is 3.11. The Kier molecular flexibility index (Phi) is 2.79. The lowest BCUT2D eigenvalue weighted by Gasteiger charge is -2.05. The van der Waals surface area contributed by atoms with Crippen LogP contribution in [0.3, 0.4) is 0 Å². The van der Waals surface area contributed by atoms with Crippen LogP contribution in [-0.2, 0) is 0 Å². The molecule has 4 aromatic rings. The summed E-state index contributed by atoms with van der Waals surface area (Å²) in [5.74, 6) is 0. The normalized spacial score (nSPS) is 10.9. The number of imidazole rings is 1. The van der Waals surface area contributed by atoms with E-state index in [2.05, 4.69) is 53.8 Å². The summed E-state index contributed by atoms with van der Waals surface area (Å²) in [6.45, 7) is 0. The van der Waals surface area contributed by atoms with E-state index in [0.29, 0.717) is 0 Å². The molecule has 3 aromatic carbocycles. The second-order valence-electron chi connectivity index (χ2n) is 4.92. The van der Waals surface area contributed by atoms with Crippen molar-refractivity contribution in [3.05, 3.63) is 85.2 Å². The zero-order valence-corrected chi connectivity index (χ0v) is 11.4. The summed E-state index contributed by atoms with van der Waals surface area (Å²) >= 11 is 0. The van der Waals surface area contributed by atoms with Gasteiger partial charge in [-0.1, -0.05) is 60.7 Å². The Balaban J connectivity index is 1.96. The molecule has 1 radical (unpaired) electrons. The molecule has 0 aliphatic rings. The predicted molar refractivity (Wildman–Crippen MR) is 85.3 cm³/mol. The quantitative estimate of drug-likeness (QED) is 0.524. The minimum atomic E-state index is 0.979. The molecule has 0 amide bonds. The molecule has 0 fully saturated rings. The molecule has 0 aliphatic carbocycles. The maximum absolute atomic E-state index is 4.51. The van der Waals surface area contributed by atoms with E-state index in [1.54, 1.807) is 0 Å². The molecule has 0 atom stereocenters. The van der Waals surface area contributed by atoms with Crippen LogP contribution in [-0.4, -0.2) is 9.55 Å². The maximum atomic E-state index is 4.51. The lowest BCUT2D eigenvalue weighted by Crippen LogP contribution is -1.91. The maximum Gasteiger partial charge on any atom is 0.182 e. The van der Waals surface area contributed by atoms with E-state index >= 15 is 0 Å². The monoisotopic (exact) mass is 269 g/mol. The first kappa shape index (κ1) is 11.9. The Morgan fingerprint density at radius 1 is 0.714 bits per heavy atom. The molecule has 0 spiro atoms. The number of para-hydroxylation sites is 2. The van der Waals surface area contributed by atoms with Crippen LogP contribution in [0.2, 0.25) is 0 Å². The van der Waals surface area contributed by atoms with Gasteiger partial charge in [-0.25, -0.2) is 4.98 Å². The van der Waals surface area contributed by atoms with Crippen LogP contribution in [0.25, 0.3) is 27.8 Å². The van der Waals surface area contributed by atoms with E-state index in [9.17, 15) is 0 Å². The number of benzene rings is 3. The van der Waals surface area contributed by atoms with Crippen LogP contribution in [0, 0.1) is 6.33 Å². The van der Waals surface area contributed by atoms with Gasteiger partial charge in [0.05, 0.1) is 11.0 Å². The second kappa shape index (κ2) is 4.91. The largest absolute Gasteiger partial charge is 0.290 e. The fourth-order valence-corrected chi connectivity index (χ4v) is 2.61. The smallest absolute Gasteiger partial charge is 0.182 e. The van der Waals surface area contributed by atoms with Gasteiger partial charge < -0.3 is 0 Å². The molecule has 0 saturated heterocycles. The van der Waals surface area contributed by atoms with Gasteiger partial charge in [-0.15, -0.1) is 0 Å². The molecule has 0 aliphatic heterocycles. The number of rotatable bonds is 2. The summed E-state index contributed by atoms with van der Waals surface area (Å²) in [7, 11) is 0. The summed E-state index contributed by atoms with van der Waals surface area (Å²) in [6, 6.07) is 26.8. The van der Waals surface area contributed by atoms with Crippen molar-refractivity contribution in [3.63, 3.8) is 0 Å². The van der Waals surface area contributed by atoms with Crippen molar-refractivity contribution in [2.24, 2.45) is 0 Å². The van der Waals surface area contributed by atoms with Gasteiger partial charge in [-0.05, 0) is 23.8 Å². The lowest BCUT2D eigenvalue weighted by atomic mass is 10.0. The minimum Gasteiger partial charge on any atom is -0.290 e. The topological polar surface area (TPSA) is 17.8 Å². The fraction of sp³-hybridized carbons (Fsp3) is 0. The first-order chi connectivity index (χ1) is 10.4. The van der Waals surface area contributed by atoms with Gasteiger partial charge in [-0.2, -0.15) is 0 Å². The van der Waals surface area contributed by atoms with Gasteiger partial charge in [0.25, 0.3) is 0 Å². The van der Waals surface area contributed by atoms with Crippen molar-refractivity contribution < 1.29 is 0 Å². The van der Waals surface area contributed by atoms with E-state index in [-0.39, 0.29) is 0 Å². The molecule has 2 nitrogen and oxygen atoms in total. The SMILES string of the molecule is [c]1nc2c(-c3ccccc3)cccc2n1-c1ccccc1. The van der Waals surface area contributed by atoms with Crippen molar-refractivity contribution in [2.45, 2.75) is 0 Å². The van der Waals surface area contributed by atoms with E-state index < -0.39 is 0 Å². The van der Waals surface area contributed by atoms with Crippen LogP contribution >= 0.6 is 0 Å². The van der Waals surface area contributed by atoms with Gasteiger partial charge in [-0.3, -0.25) is 4.57 Å². The van der Waals surface area contributed by atoms with E-state index in [4.69, 9.17) is 0 Å². The third-order valence-electron chi connectivity index (χ3n) is 3.62. The second-order valence-corrected chi connectivity index (χ2v) is 4.92. The molecule has 0 bridgehead atoms. The van der Waals surface area contributed by atoms with Gasteiger partial charge in [0, 0.05) is 11.3 Å². The first-order valence-corrected chi connectivity index (χ1v) is 6.93. The molecular weight excluding hydrogens is 256 g/mol. The number of aromatic nitrogens is 2. The summed E-state index contributed by atoms with van der Waals surface area (Å²) in [5, 5.41) is 0. The minimum absolute atomic E-state index is 0.979. The Morgan fingerprint density at radius 3 is 2.19 bits per heavy atom. The van der Waals surface area contributed by atoms with Gasteiger partial charge >= 0.3 is 0 Å². The van der Waals surface area contributed by atoms with E-state index in [0.717, 1.165) is 22.3 Å². The third kappa shape index (κ3) is 2.01. The highest BCUT2D eigenvalue weighted by Gasteiger charge is 2.09. The lowest BCUT2D eigenvalue weighted by molar-refractivity contribution is 1.08. The molecule has 1 aromatic heterocycles. The van der Waals surface area contributed by atoms with Crippen molar-refractivity contribution in [1.82, 2.24) is 9.55 Å². The summed E-state index contributed by atoms with van der Waals surface area (Å²) < 4.78 is 2.00. The van der Waals surface area contributed by atoms with Crippen molar-refractivity contribution in [1.29, 1.82) is 0 Å². The van der Waals surface area contributed by atoms with Gasteiger partial charge in [0.1, 0.15) is 0 Å². The molecule has 2 heteroatoms. The summed E-state index contributed by atoms with van der Waals surface area (Å²) in [4.78, 5) is 4.51. The zero-order valence-electron chi connectivity index (χ0n) is 11.4. The third-order valence-corrected chi connectivity index (χ3v) is 3.62. The molecular formula is C19H13N2. The average Bonchev–Trinajstić information content (AvgIpc) is 3.00. The first-order valence-electron chi connectivity index (χ1n) is 6.93. The van der Waals surface area contributed by atoms with Gasteiger partial charge in [0.15, 0.2) is 6.33 Å². The van der Waals surface area contributed by atoms with Crippen LogP contribution in [0.15, 0.2) is 78.9 Å². The molecule has 0 N–H and O–H groups in total. The molecule has 0 saturated carbocycles. The van der Waals surface area contributed by atoms with Crippen LogP contribution < -0.4 is 0 Å². The van der Waals surface area contributed by atoms with E-state index in [1.165, 1.54) is 5.56 Å². The van der Waals surface area contributed by atoms with E-state index in [1.807, 2.05) is 41.0 Å². The predicted octanol–water partition coefficient (Wildman–Crippen LogP) is 4.49. The Bertz CT molecular complexity index is 877. The number of nitrogens with zero attached hydrogens (tertiary/aromatic N) is 2. The fourth-order valence-electron chi connectivity index (χ4n) is 2.61. The highest BCUT2D eigenvalue weighted by atomic mass is 15.0. The molecule has 4 rings (SSSR count). The Morgan fingerprint density at radius 2 is 1.43 bits per heavy atom. The van der Waals surface area contributed by atoms with Crippen molar-refractivity contribution >= 4 is 11.0 Å². The molecule has 21 heavy (non-hydrogen) atoms. The zero-order chi connectivity index (χ0) is 14.1. The molecule has 99 valence electrons. The van der Waals surface area contributed by atoms with Crippen molar-refractivity contribution in [3.8, 4) is 16.8 Å². The number of fused-ring (bicyclic) bond motifs is 1. The number of hydrogen-bond donors (Lipinski definition) is 0. The Labute approximate surface area is 123 Å². The van der Waals surface area contributed by atoms with Crippen LogP contribution in [0.5, 0.6) is 0 Å². The van der Waals surface area contributed by atoms with Gasteiger partial charge in [0.2, 0.25) is 0 Å². The average molecular weight is 269 g/mol.